The number of amidine groups is 1. The number of nitrogens with zero attached hydrogens (tertiary/aromatic N) is 2. The number of rotatable bonds is 4. The minimum atomic E-state index is -1.15. The van der Waals surface area contributed by atoms with Crippen molar-refractivity contribution in [3.8, 4) is 0 Å². The minimum absolute atomic E-state index is 0.0136. The third kappa shape index (κ3) is 3.09. The number of aromatic nitrogens is 1. The molecule has 1 atom stereocenters. The number of hydrogen-bond donors (Lipinski definition) is 2. The summed E-state index contributed by atoms with van der Waals surface area (Å²) >= 11 is 10.7. The van der Waals surface area contributed by atoms with Crippen LogP contribution in [0.5, 0.6) is 0 Å². The molecule has 124 valence electrons. The first-order chi connectivity index (χ1) is 11.5. The maximum atomic E-state index is 13.8. The zero-order chi connectivity index (χ0) is 17.3. The predicted molar refractivity (Wildman–Crippen MR) is 94.4 cm³/mol. The number of halogens is 3. The number of benzene rings is 1. The Kier molecular flexibility index (Phi) is 4.98. The molecule has 1 aromatic heterocycles. The first-order valence-electron chi connectivity index (χ1n) is 6.73. The summed E-state index contributed by atoms with van der Waals surface area (Å²) in [5.74, 6) is -1.34. The van der Waals surface area contributed by atoms with Crippen LogP contribution in [-0.2, 0) is 4.79 Å². The quantitative estimate of drug-likeness (QED) is 0.724. The van der Waals surface area contributed by atoms with E-state index in [2.05, 4.69) is 31.2 Å². The van der Waals surface area contributed by atoms with Gasteiger partial charge in [-0.15, -0.1) is 11.3 Å². The second kappa shape index (κ2) is 7.00. The second-order valence-electron chi connectivity index (χ2n) is 4.82. The summed E-state index contributed by atoms with van der Waals surface area (Å²) in [4.78, 5) is 20.4. The summed E-state index contributed by atoms with van der Waals surface area (Å²) in [6.07, 6.45) is 1.62. The van der Waals surface area contributed by atoms with E-state index in [1.165, 1.54) is 23.5 Å². The molecule has 1 unspecified atom stereocenters. The molecule has 0 saturated carbocycles. The van der Waals surface area contributed by atoms with Crippen molar-refractivity contribution >= 4 is 50.7 Å². The number of nitrogens with one attached hydrogen (secondary N) is 1. The van der Waals surface area contributed by atoms with Gasteiger partial charge in [0, 0.05) is 28.2 Å². The summed E-state index contributed by atoms with van der Waals surface area (Å²) in [5, 5.41) is 15.1. The van der Waals surface area contributed by atoms with Crippen LogP contribution in [0, 0.1) is 5.82 Å². The summed E-state index contributed by atoms with van der Waals surface area (Å²) in [6, 6.07) is 3.33. The van der Waals surface area contributed by atoms with Crippen molar-refractivity contribution in [3.63, 3.8) is 0 Å². The van der Waals surface area contributed by atoms with Crippen LogP contribution in [0.15, 0.2) is 46.0 Å². The van der Waals surface area contributed by atoms with Crippen molar-refractivity contribution in [2.45, 2.75) is 6.04 Å². The van der Waals surface area contributed by atoms with Crippen LogP contribution in [0.2, 0.25) is 5.02 Å². The SMILES string of the molecule is O=C(O)C1=C(CBr)NC(c2nccs2)=NC1c1cccc(F)c1Cl. The molecule has 9 heteroatoms. The van der Waals surface area contributed by atoms with Gasteiger partial charge in [-0.1, -0.05) is 39.7 Å². The van der Waals surface area contributed by atoms with Crippen LogP contribution in [0.25, 0.3) is 0 Å². The van der Waals surface area contributed by atoms with Crippen LogP contribution >= 0.6 is 38.9 Å². The van der Waals surface area contributed by atoms with Crippen molar-refractivity contribution < 1.29 is 14.3 Å². The van der Waals surface area contributed by atoms with Crippen LogP contribution in [0.4, 0.5) is 4.39 Å². The molecule has 2 heterocycles. The monoisotopic (exact) mass is 429 g/mol. The second-order valence-corrected chi connectivity index (χ2v) is 6.65. The number of alkyl halides is 1. The molecule has 0 bridgehead atoms. The Balaban J connectivity index is 2.19. The summed E-state index contributed by atoms with van der Waals surface area (Å²) in [5.41, 5.74) is 0.732. The summed E-state index contributed by atoms with van der Waals surface area (Å²) < 4.78 is 13.8. The number of carboxylic acid groups (broad SMARTS) is 1. The van der Waals surface area contributed by atoms with Crippen molar-refractivity contribution in [2.24, 2.45) is 4.99 Å². The third-order valence-electron chi connectivity index (χ3n) is 3.40. The van der Waals surface area contributed by atoms with E-state index < -0.39 is 17.8 Å². The number of carbonyl (C=O) groups is 1. The molecule has 24 heavy (non-hydrogen) atoms. The van der Waals surface area contributed by atoms with Gasteiger partial charge >= 0.3 is 5.97 Å². The van der Waals surface area contributed by atoms with Crippen molar-refractivity contribution in [2.75, 3.05) is 5.33 Å². The number of carboxylic acids is 1. The van der Waals surface area contributed by atoms with Crippen LogP contribution in [-0.4, -0.2) is 27.2 Å². The molecule has 1 aliphatic rings. The highest BCUT2D eigenvalue weighted by Gasteiger charge is 2.32. The Morgan fingerprint density at radius 3 is 2.92 bits per heavy atom. The van der Waals surface area contributed by atoms with Gasteiger partial charge in [-0.2, -0.15) is 0 Å². The smallest absolute Gasteiger partial charge is 0.335 e. The van der Waals surface area contributed by atoms with Gasteiger partial charge in [0.25, 0.3) is 0 Å². The average Bonchev–Trinajstić information content (AvgIpc) is 3.10. The maximum absolute atomic E-state index is 13.8. The lowest BCUT2D eigenvalue weighted by molar-refractivity contribution is -0.133. The minimum Gasteiger partial charge on any atom is -0.478 e. The van der Waals surface area contributed by atoms with Gasteiger partial charge in [0.2, 0.25) is 0 Å². The van der Waals surface area contributed by atoms with E-state index in [0.717, 1.165) is 0 Å². The van der Waals surface area contributed by atoms with Crippen LogP contribution in [0.1, 0.15) is 16.6 Å². The molecule has 2 N–H and O–H groups in total. The molecule has 0 saturated heterocycles. The third-order valence-corrected chi connectivity index (χ3v) is 5.14. The van der Waals surface area contributed by atoms with E-state index in [-0.39, 0.29) is 15.9 Å². The lowest BCUT2D eigenvalue weighted by Crippen LogP contribution is -2.34. The standard InChI is InChI=1S/C15H10BrClFN3O2S/c16-6-9-10(15(22)23)12(7-2-1-3-8(18)11(7)17)21-13(20-9)14-19-4-5-24-14/h1-5,12H,6H2,(H,20,21)(H,22,23). The highest BCUT2D eigenvalue weighted by atomic mass is 79.9. The molecule has 0 aliphatic carbocycles. The Labute approximate surface area is 154 Å². The fourth-order valence-electron chi connectivity index (χ4n) is 2.36. The first-order valence-corrected chi connectivity index (χ1v) is 9.11. The van der Waals surface area contributed by atoms with E-state index in [0.29, 0.717) is 22.1 Å². The average molecular weight is 431 g/mol. The Morgan fingerprint density at radius 1 is 1.50 bits per heavy atom. The molecular weight excluding hydrogens is 421 g/mol. The molecule has 3 rings (SSSR count). The zero-order valence-electron chi connectivity index (χ0n) is 12.0. The first kappa shape index (κ1) is 17.1. The van der Waals surface area contributed by atoms with Gasteiger partial charge in [0.05, 0.1) is 10.6 Å². The number of aliphatic imine (C=N–C) groups is 1. The lowest BCUT2D eigenvalue weighted by atomic mass is 9.96. The largest absolute Gasteiger partial charge is 0.478 e. The van der Waals surface area contributed by atoms with Gasteiger partial charge in [-0.25, -0.2) is 14.2 Å². The molecule has 0 spiro atoms. The molecule has 5 nitrogen and oxygen atoms in total. The topological polar surface area (TPSA) is 74.6 Å². The number of hydrogen-bond acceptors (Lipinski definition) is 5. The highest BCUT2D eigenvalue weighted by Crippen LogP contribution is 2.36. The zero-order valence-corrected chi connectivity index (χ0v) is 15.1. The number of allylic oxidation sites excluding steroid dienone is 1. The van der Waals surface area contributed by atoms with Crippen LogP contribution < -0.4 is 5.32 Å². The van der Waals surface area contributed by atoms with Crippen LogP contribution in [0.3, 0.4) is 0 Å². The summed E-state index contributed by atoms with van der Waals surface area (Å²) in [7, 11) is 0. The van der Waals surface area contributed by atoms with Gasteiger partial charge in [0.1, 0.15) is 11.9 Å². The van der Waals surface area contributed by atoms with Crippen molar-refractivity contribution in [1.82, 2.24) is 10.3 Å². The highest BCUT2D eigenvalue weighted by molar-refractivity contribution is 9.09. The molecule has 2 aromatic rings. The Bertz CT molecular complexity index is 854. The van der Waals surface area contributed by atoms with Crippen molar-refractivity contribution in [1.29, 1.82) is 0 Å². The van der Waals surface area contributed by atoms with Crippen molar-refractivity contribution in [3.05, 3.63) is 62.5 Å². The fourth-order valence-corrected chi connectivity index (χ4v) is 3.62. The maximum Gasteiger partial charge on any atom is 0.335 e. The molecule has 1 aromatic carbocycles. The molecule has 1 aliphatic heterocycles. The van der Waals surface area contributed by atoms with Gasteiger partial charge in [-0.05, 0) is 6.07 Å². The number of thiazole rings is 1. The van der Waals surface area contributed by atoms with Gasteiger partial charge in [0.15, 0.2) is 10.8 Å². The number of aliphatic carboxylic acids is 1. The molecule has 0 fully saturated rings. The fraction of sp³-hybridized carbons (Fsp3) is 0.133. The molecule has 0 amide bonds. The van der Waals surface area contributed by atoms with Gasteiger partial charge in [-0.3, -0.25) is 4.99 Å². The van der Waals surface area contributed by atoms with E-state index in [9.17, 15) is 14.3 Å². The summed E-state index contributed by atoms with van der Waals surface area (Å²) in [6.45, 7) is 0. The van der Waals surface area contributed by atoms with E-state index >= 15 is 0 Å². The normalized spacial score (nSPS) is 17.5. The molecular formula is C15H10BrClFN3O2S. The molecule has 0 radical (unpaired) electrons. The van der Waals surface area contributed by atoms with E-state index in [1.807, 2.05) is 0 Å². The van der Waals surface area contributed by atoms with Gasteiger partial charge < -0.3 is 10.4 Å². The Morgan fingerprint density at radius 2 is 2.29 bits per heavy atom. The van der Waals surface area contributed by atoms with E-state index in [4.69, 9.17) is 11.6 Å². The predicted octanol–water partition coefficient (Wildman–Crippen LogP) is 3.76. The van der Waals surface area contributed by atoms with E-state index in [1.54, 1.807) is 17.6 Å². The Hall–Kier alpha value is -1.77. The lowest BCUT2D eigenvalue weighted by Gasteiger charge is -2.25.